The van der Waals surface area contributed by atoms with Crippen LogP contribution in [0, 0.1) is 6.92 Å². The summed E-state index contributed by atoms with van der Waals surface area (Å²) in [7, 11) is 0. The first-order chi connectivity index (χ1) is 9.15. The quantitative estimate of drug-likeness (QED) is 0.876. The summed E-state index contributed by atoms with van der Waals surface area (Å²) in [5.41, 5.74) is 2.18. The lowest BCUT2D eigenvalue weighted by atomic mass is 10.2. The molecular weight excluding hydrogens is 256 g/mol. The van der Waals surface area contributed by atoms with Crippen LogP contribution in [0.5, 0.6) is 5.75 Å². The van der Waals surface area contributed by atoms with E-state index in [9.17, 15) is 0 Å². The molecule has 1 heterocycles. The largest absolute Gasteiger partial charge is 0.487 e. The van der Waals surface area contributed by atoms with Gasteiger partial charge in [-0.1, -0.05) is 32.0 Å². The van der Waals surface area contributed by atoms with Gasteiger partial charge in [0.15, 0.2) is 0 Å². The summed E-state index contributed by atoms with van der Waals surface area (Å²) in [6, 6.07) is 8.61. The Kier molecular flexibility index (Phi) is 4.93. The highest BCUT2D eigenvalue weighted by molar-refractivity contribution is 7.09. The number of nitrogens with zero attached hydrogens (tertiary/aromatic N) is 1. The zero-order valence-electron chi connectivity index (χ0n) is 11.6. The summed E-state index contributed by atoms with van der Waals surface area (Å²) < 4.78 is 5.87. The first kappa shape index (κ1) is 14.0. The molecule has 0 aliphatic rings. The fraction of sp³-hybridized carbons (Fsp3) is 0.400. The normalized spacial score (nSPS) is 10.9. The molecular formula is C15H20N2OS. The second-order valence-electron chi connectivity index (χ2n) is 4.79. The highest BCUT2D eigenvalue weighted by Crippen LogP contribution is 2.19. The maximum absolute atomic E-state index is 5.87. The number of aryl methyl sites for hydroxylation is 1. The Balaban J connectivity index is 1.99. The molecule has 0 spiro atoms. The molecule has 1 N–H and O–H groups in total. The molecule has 4 heteroatoms. The zero-order valence-corrected chi connectivity index (χ0v) is 12.5. The summed E-state index contributed by atoms with van der Waals surface area (Å²) in [5, 5.41) is 6.53. The van der Waals surface area contributed by atoms with E-state index in [1.165, 1.54) is 5.56 Å². The van der Waals surface area contributed by atoms with Gasteiger partial charge in [-0.05, 0) is 13.0 Å². The van der Waals surface area contributed by atoms with Crippen LogP contribution in [0.2, 0.25) is 0 Å². The predicted octanol–water partition coefficient (Wildman–Crippen LogP) is 3.53. The first-order valence-corrected chi connectivity index (χ1v) is 7.38. The molecule has 0 saturated carbocycles. The van der Waals surface area contributed by atoms with Crippen molar-refractivity contribution in [1.29, 1.82) is 0 Å². The molecule has 19 heavy (non-hydrogen) atoms. The molecule has 0 atom stereocenters. The van der Waals surface area contributed by atoms with Crippen LogP contribution in [0.3, 0.4) is 0 Å². The van der Waals surface area contributed by atoms with Gasteiger partial charge in [0.2, 0.25) is 0 Å². The Morgan fingerprint density at radius 2 is 2.11 bits per heavy atom. The number of hydrogen-bond donors (Lipinski definition) is 1. The third-order valence-corrected chi connectivity index (χ3v) is 3.54. The highest BCUT2D eigenvalue weighted by Gasteiger charge is 2.05. The highest BCUT2D eigenvalue weighted by atomic mass is 32.1. The molecule has 0 bridgehead atoms. The molecule has 2 rings (SSSR count). The van der Waals surface area contributed by atoms with Gasteiger partial charge in [-0.15, -0.1) is 11.3 Å². The lowest BCUT2D eigenvalue weighted by Gasteiger charge is -2.13. The Bertz CT molecular complexity index is 522. The van der Waals surface area contributed by atoms with Crippen LogP contribution in [0.4, 0.5) is 0 Å². The summed E-state index contributed by atoms with van der Waals surface area (Å²) in [4.78, 5) is 4.41. The van der Waals surface area contributed by atoms with Gasteiger partial charge in [-0.3, -0.25) is 0 Å². The van der Waals surface area contributed by atoms with Gasteiger partial charge >= 0.3 is 0 Å². The Labute approximate surface area is 118 Å². The van der Waals surface area contributed by atoms with Gasteiger partial charge in [0.1, 0.15) is 12.4 Å². The van der Waals surface area contributed by atoms with E-state index in [4.69, 9.17) is 4.74 Å². The van der Waals surface area contributed by atoms with Crippen LogP contribution in [-0.4, -0.2) is 11.0 Å². The summed E-state index contributed by atoms with van der Waals surface area (Å²) in [6.45, 7) is 7.64. The van der Waals surface area contributed by atoms with Crippen molar-refractivity contribution >= 4 is 11.3 Å². The molecule has 0 aliphatic heterocycles. The Morgan fingerprint density at radius 1 is 1.32 bits per heavy atom. The van der Waals surface area contributed by atoms with E-state index in [-0.39, 0.29) is 0 Å². The Morgan fingerprint density at radius 3 is 2.79 bits per heavy atom. The minimum Gasteiger partial charge on any atom is -0.487 e. The molecule has 3 nitrogen and oxygen atoms in total. The van der Waals surface area contributed by atoms with E-state index in [0.29, 0.717) is 12.6 Å². The molecule has 0 saturated heterocycles. The van der Waals surface area contributed by atoms with Crippen molar-refractivity contribution in [3.63, 3.8) is 0 Å². The van der Waals surface area contributed by atoms with Crippen LogP contribution in [0.1, 0.15) is 30.1 Å². The minimum absolute atomic E-state index is 0.467. The summed E-state index contributed by atoms with van der Waals surface area (Å²) in [5.74, 6) is 0.932. The molecule has 0 unspecified atom stereocenters. The van der Waals surface area contributed by atoms with Crippen molar-refractivity contribution < 1.29 is 4.74 Å². The summed E-state index contributed by atoms with van der Waals surface area (Å²) >= 11 is 1.65. The van der Waals surface area contributed by atoms with Crippen molar-refractivity contribution in [2.24, 2.45) is 0 Å². The number of nitrogens with one attached hydrogen (secondary N) is 1. The fourth-order valence-electron chi connectivity index (χ4n) is 1.73. The molecule has 0 aliphatic carbocycles. The second kappa shape index (κ2) is 6.68. The molecule has 0 fully saturated rings. The number of ether oxygens (including phenoxy) is 1. The second-order valence-corrected chi connectivity index (χ2v) is 5.85. The van der Waals surface area contributed by atoms with E-state index in [1.807, 2.05) is 30.5 Å². The van der Waals surface area contributed by atoms with Gasteiger partial charge in [0.25, 0.3) is 0 Å². The van der Waals surface area contributed by atoms with Crippen molar-refractivity contribution in [2.75, 3.05) is 0 Å². The number of rotatable bonds is 6. The van der Waals surface area contributed by atoms with Crippen LogP contribution >= 0.6 is 11.3 Å². The SMILES string of the molecule is Cc1nc(COc2ccccc2CNC(C)C)cs1. The van der Waals surface area contributed by atoms with E-state index in [0.717, 1.165) is 23.0 Å². The smallest absolute Gasteiger partial charge is 0.131 e. The molecule has 1 aromatic carbocycles. The van der Waals surface area contributed by atoms with Crippen molar-refractivity contribution in [1.82, 2.24) is 10.3 Å². The standard InChI is InChI=1S/C15H20N2OS/c1-11(2)16-8-13-6-4-5-7-15(13)18-9-14-10-19-12(3)17-14/h4-7,10-11,16H,8-9H2,1-3H3. The number of hydrogen-bond acceptors (Lipinski definition) is 4. The van der Waals surface area contributed by atoms with Crippen LogP contribution < -0.4 is 10.1 Å². The van der Waals surface area contributed by atoms with E-state index in [2.05, 4.69) is 30.2 Å². The van der Waals surface area contributed by atoms with Gasteiger partial charge in [0, 0.05) is 23.5 Å². The van der Waals surface area contributed by atoms with E-state index < -0.39 is 0 Å². The van der Waals surface area contributed by atoms with E-state index in [1.54, 1.807) is 11.3 Å². The van der Waals surface area contributed by atoms with E-state index >= 15 is 0 Å². The first-order valence-electron chi connectivity index (χ1n) is 6.50. The lowest BCUT2D eigenvalue weighted by molar-refractivity contribution is 0.297. The van der Waals surface area contributed by atoms with Crippen molar-refractivity contribution in [3.05, 3.63) is 45.9 Å². The number of benzene rings is 1. The third kappa shape index (κ3) is 4.33. The van der Waals surface area contributed by atoms with Gasteiger partial charge < -0.3 is 10.1 Å². The van der Waals surface area contributed by atoms with Crippen LogP contribution in [0.25, 0.3) is 0 Å². The lowest BCUT2D eigenvalue weighted by Crippen LogP contribution is -2.22. The molecule has 1 aromatic heterocycles. The minimum atomic E-state index is 0.467. The zero-order chi connectivity index (χ0) is 13.7. The maximum atomic E-state index is 5.87. The average molecular weight is 276 g/mol. The number of thiazole rings is 1. The topological polar surface area (TPSA) is 34.1 Å². The number of para-hydroxylation sites is 1. The van der Waals surface area contributed by atoms with Crippen molar-refractivity contribution in [3.8, 4) is 5.75 Å². The van der Waals surface area contributed by atoms with Crippen molar-refractivity contribution in [2.45, 2.75) is 40.0 Å². The monoisotopic (exact) mass is 276 g/mol. The molecule has 102 valence electrons. The average Bonchev–Trinajstić information content (AvgIpc) is 2.80. The fourth-order valence-corrected chi connectivity index (χ4v) is 2.33. The summed E-state index contributed by atoms with van der Waals surface area (Å²) in [6.07, 6.45) is 0. The van der Waals surface area contributed by atoms with Crippen LogP contribution in [-0.2, 0) is 13.2 Å². The van der Waals surface area contributed by atoms with Gasteiger partial charge in [-0.2, -0.15) is 0 Å². The predicted molar refractivity (Wildman–Crippen MR) is 79.6 cm³/mol. The third-order valence-electron chi connectivity index (χ3n) is 2.72. The molecule has 2 aromatic rings. The van der Waals surface area contributed by atoms with Crippen LogP contribution in [0.15, 0.2) is 29.6 Å². The van der Waals surface area contributed by atoms with Gasteiger partial charge in [0.05, 0.1) is 10.7 Å². The Hall–Kier alpha value is -1.39. The number of aromatic nitrogens is 1. The molecule has 0 amide bonds. The van der Waals surface area contributed by atoms with Gasteiger partial charge in [-0.25, -0.2) is 4.98 Å². The maximum Gasteiger partial charge on any atom is 0.131 e. The molecule has 0 radical (unpaired) electrons.